The number of esters is 1. The molecule has 2 fully saturated rings. The fourth-order valence-corrected chi connectivity index (χ4v) is 4.69. The number of carbonyl (C=O) groups excluding carboxylic acids is 4. The average Bonchev–Trinajstić information content (AvgIpc) is 3.04. The summed E-state index contributed by atoms with van der Waals surface area (Å²) >= 11 is 5.95. The number of carbonyl (C=O) groups is 4. The molecular formula is C25H25ClN2O5. The number of hydrogen-bond acceptors (Lipinski definition) is 5. The molecule has 1 saturated heterocycles. The minimum atomic E-state index is -0.680. The van der Waals surface area contributed by atoms with Gasteiger partial charge in [-0.25, -0.2) is 4.79 Å². The number of anilines is 2. The van der Waals surface area contributed by atoms with Crippen molar-refractivity contribution >= 4 is 46.7 Å². The normalized spacial score (nSPS) is 22.2. The van der Waals surface area contributed by atoms with Crippen LogP contribution in [0.5, 0.6) is 0 Å². The van der Waals surface area contributed by atoms with E-state index in [0.29, 0.717) is 22.3 Å². The topological polar surface area (TPSA) is 92.8 Å². The highest BCUT2D eigenvalue weighted by Crippen LogP contribution is 2.42. The molecule has 3 amide bonds. The molecule has 33 heavy (non-hydrogen) atoms. The lowest BCUT2D eigenvalue weighted by Gasteiger charge is -2.25. The smallest absolute Gasteiger partial charge is 0.338 e. The van der Waals surface area contributed by atoms with Gasteiger partial charge in [0.1, 0.15) is 0 Å². The molecular weight excluding hydrogens is 444 g/mol. The SMILES string of the molecule is Cc1ccc(Cl)cc1NC(=O)COC(=O)c1ccc(N2C(=O)[C@@H]3CC[C@H](C)C[C@H]3C2=O)cc1. The largest absolute Gasteiger partial charge is 0.452 e. The summed E-state index contributed by atoms with van der Waals surface area (Å²) in [5.41, 5.74) is 2.03. The third-order valence-corrected chi connectivity index (χ3v) is 6.59. The van der Waals surface area contributed by atoms with Crippen LogP contribution in [0.2, 0.25) is 5.02 Å². The van der Waals surface area contributed by atoms with E-state index >= 15 is 0 Å². The van der Waals surface area contributed by atoms with Crippen LogP contribution in [0.4, 0.5) is 11.4 Å². The molecule has 4 rings (SSSR count). The molecule has 2 aromatic rings. The minimum Gasteiger partial charge on any atom is -0.452 e. The second kappa shape index (κ2) is 9.35. The molecule has 0 unspecified atom stereocenters. The Kier molecular flexibility index (Phi) is 6.51. The highest BCUT2D eigenvalue weighted by atomic mass is 35.5. The molecule has 7 nitrogen and oxygen atoms in total. The van der Waals surface area contributed by atoms with E-state index in [-0.39, 0.29) is 29.2 Å². The lowest BCUT2D eigenvalue weighted by molar-refractivity contribution is -0.122. The first-order valence-corrected chi connectivity index (χ1v) is 11.3. The standard InChI is InChI=1S/C25H25ClN2O5/c1-14-3-10-19-20(11-14)24(31)28(23(19)30)18-8-5-16(6-9-18)25(32)33-13-22(29)27-21-12-17(26)7-4-15(21)2/h4-9,12,14,19-20H,3,10-11,13H2,1-2H3,(H,27,29)/t14-,19+,20+/m0/s1. The molecule has 0 radical (unpaired) electrons. The lowest BCUT2D eigenvalue weighted by Crippen LogP contribution is -2.30. The predicted octanol–water partition coefficient (Wildman–Crippen LogP) is 4.37. The number of aryl methyl sites for hydroxylation is 1. The Morgan fingerprint density at radius 2 is 1.76 bits per heavy atom. The van der Waals surface area contributed by atoms with Crippen molar-refractivity contribution in [2.45, 2.75) is 33.1 Å². The van der Waals surface area contributed by atoms with Crippen molar-refractivity contribution < 1.29 is 23.9 Å². The molecule has 3 atom stereocenters. The van der Waals surface area contributed by atoms with Crippen LogP contribution in [-0.4, -0.2) is 30.3 Å². The number of hydrogen-bond donors (Lipinski definition) is 1. The summed E-state index contributed by atoms with van der Waals surface area (Å²) in [6, 6.07) is 11.2. The maximum Gasteiger partial charge on any atom is 0.338 e. The number of imide groups is 1. The fourth-order valence-electron chi connectivity index (χ4n) is 4.52. The number of nitrogens with one attached hydrogen (secondary N) is 1. The molecule has 172 valence electrons. The van der Waals surface area contributed by atoms with Gasteiger partial charge in [-0.1, -0.05) is 24.6 Å². The van der Waals surface area contributed by atoms with Gasteiger partial charge in [-0.2, -0.15) is 0 Å². The summed E-state index contributed by atoms with van der Waals surface area (Å²) in [4.78, 5) is 51.4. The minimum absolute atomic E-state index is 0.166. The van der Waals surface area contributed by atoms with Crippen molar-refractivity contribution in [2.75, 3.05) is 16.8 Å². The molecule has 1 N–H and O–H groups in total. The van der Waals surface area contributed by atoms with Crippen molar-refractivity contribution in [1.82, 2.24) is 0 Å². The third kappa shape index (κ3) is 4.78. The van der Waals surface area contributed by atoms with Crippen LogP contribution < -0.4 is 10.2 Å². The Labute approximate surface area is 197 Å². The first-order valence-electron chi connectivity index (χ1n) is 11.0. The van der Waals surface area contributed by atoms with Crippen molar-refractivity contribution in [3.63, 3.8) is 0 Å². The summed E-state index contributed by atoms with van der Waals surface area (Å²) in [7, 11) is 0. The number of rotatable bonds is 5. The number of benzene rings is 2. The Hall–Kier alpha value is -3.19. The Balaban J connectivity index is 1.36. The molecule has 0 spiro atoms. The van der Waals surface area contributed by atoms with Crippen LogP contribution in [0, 0.1) is 24.7 Å². The summed E-state index contributed by atoms with van der Waals surface area (Å²) in [6.07, 6.45) is 2.41. The summed E-state index contributed by atoms with van der Waals surface area (Å²) in [5.74, 6) is -1.58. The monoisotopic (exact) mass is 468 g/mol. The van der Waals surface area contributed by atoms with Crippen molar-refractivity contribution in [3.05, 3.63) is 58.6 Å². The average molecular weight is 469 g/mol. The van der Waals surface area contributed by atoms with E-state index in [4.69, 9.17) is 16.3 Å². The van der Waals surface area contributed by atoms with Crippen LogP contribution in [0.1, 0.15) is 42.1 Å². The van der Waals surface area contributed by atoms with Gasteiger partial charge in [0.15, 0.2) is 6.61 Å². The zero-order chi connectivity index (χ0) is 23.7. The molecule has 8 heteroatoms. The van der Waals surface area contributed by atoms with Crippen molar-refractivity contribution in [3.8, 4) is 0 Å². The van der Waals surface area contributed by atoms with Crippen LogP contribution >= 0.6 is 11.6 Å². The molecule has 1 saturated carbocycles. The van der Waals surface area contributed by atoms with Crippen LogP contribution in [0.3, 0.4) is 0 Å². The number of fused-ring (bicyclic) bond motifs is 1. The van der Waals surface area contributed by atoms with Crippen LogP contribution in [0.25, 0.3) is 0 Å². The maximum atomic E-state index is 12.8. The zero-order valence-corrected chi connectivity index (χ0v) is 19.2. The van der Waals surface area contributed by atoms with Crippen molar-refractivity contribution in [2.24, 2.45) is 17.8 Å². The van der Waals surface area contributed by atoms with Gasteiger partial charge >= 0.3 is 5.97 Å². The Morgan fingerprint density at radius 1 is 1.06 bits per heavy atom. The van der Waals surface area contributed by atoms with E-state index in [1.54, 1.807) is 30.3 Å². The highest BCUT2D eigenvalue weighted by molar-refractivity contribution is 6.31. The van der Waals surface area contributed by atoms with Gasteiger partial charge in [0.05, 0.1) is 23.1 Å². The van der Waals surface area contributed by atoms with Gasteiger partial charge in [0.25, 0.3) is 5.91 Å². The fraction of sp³-hybridized carbons (Fsp3) is 0.360. The molecule has 2 aliphatic rings. The lowest BCUT2D eigenvalue weighted by atomic mass is 9.76. The van der Waals surface area contributed by atoms with Gasteiger partial charge in [-0.05, 0) is 74.1 Å². The van der Waals surface area contributed by atoms with Gasteiger partial charge in [-0.3, -0.25) is 19.3 Å². The highest BCUT2D eigenvalue weighted by Gasteiger charge is 2.49. The zero-order valence-electron chi connectivity index (χ0n) is 18.5. The predicted molar refractivity (Wildman–Crippen MR) is 124 cm³/mol. The second-order valence-corrected chi connectivity index (χ2v) is 9.21. The van der Waals surface area contributed by atoms with E-state index in [1.807, 2.05) is 6.92 Å². The Morgan fingerprint density at radius 3 is 2.48 bits per heavy atom. The molecule has 2 aromatic carbocycles. The molecule has 0 bridgehead atoms. The van der Waals surface area contributed by atoms with Crippen LogP contribution in [-0.2, 0) is 19.1 Å². The second-order valence-electron chi connectivity index (χ2n) is 8.77. The quantitative estimate of drug-likeness (QED) is 0.519. The van der Waals surface area contributed by atoms with Gasteiger partial charge < -0.3 is 10.1 Å². The van der Waals surface area contributed by atoms with Gasteiger partial charge in [0, 0.05) is 10.7 Å². The van der Waals surface area contributed by atoms with E-state index < -0.39 is 18.5 Å². The molecule has 1 aliphatic carbocycles. The number of ether oxygens (including phenoxy) is 1. The van der Waals surface area contributed by atoms with Crippen molar-refractivity contribution in [1.29, 1.82) is 0 Å². The molecule has 1 heterocycles. The summed E-state index contributed by atoms with van der Waals surface area (Å²) in [5, 5.41) is 3.14. The number of halogens is 1. The Bertz CT molecular complexity index is 1110. The third-order valence-electron chi connectivity index (χ3n) is 6.36. The summed E-state index contributed by atoms with van der Waals surface area (Å²) < 4.78 is 5.10. The summed E-state index contributed by atoms with van der Waals surface area (Å²) in [6.45, 7) is 3.47. The van der Waals surface area contributed by atoms with Gasteiger partial charge in [-0.15, -0.1) is 0 Å². The van der Waals surface area contributed by atoms with E-state index in [1.165, 1.54) is 17.0 Å². The first kappa shape index (κ1) is 23.0. The molecule has 0 aromatic heterocycles. The number of amides is 3. The molecule has 1 aliphatic heterocycles. The number of nitrogens with zero attached hydrogens (tertiary/aromatic N) is 1. The first-order chi connectivity index (χ1) is 15.7. The maximum absolute atomic E-state index is 12.8. The van der Waals surface area contributed by atoms with Crippen LogP contribution in [0.15, 0.2) is 42.5 Å². The van der Waals surface area contributed by atoms with E-state index in [9.17, 15) is 19.2 Å². The van der Waals surface area contributed by atoms with E-state index in [0.717, 1.165) is 24.8 Å². The van der Waals surface area contributed by atoms with E-state index in [2.05, 4.69) is 12.2 Å². The van der Waals surface area contributed by atoms with Gasteiger partial charge in [0.2, 0.25) is 11.8 Å².